The maximum absolute atomic E-state index is 12.8. The monoisotopic (exact) mass is 397 g/mol. The molecule has 1 aromatic rings. The summed E-state index contributed by atoms with van der Waals surface area (Å²) in [5.74, 6) is 0.218. The summed E-state index contributed by atoms with van der Waals surface area (Å²) >= 11 is 0. The Kier molecular flexibility index (Phi) is 6.33. The lowest BCUT2D eigenvalue weighted by Crippen LogP contribution is -2.35. The number of nitro benzene ring substituents is 1. The van der Waals surface area contributed by atoms with Gasteiger partial charge in [0.1, 0.15) is 5.69 Å². The highest BCUT2D eigenvalue weighted by Crippen LogP contribution is 2.31. The smallest absolute Gasteiger partial charge is 0.293 e. The second-order valence-electron chi connectivity index (χ2n) is 7.39. The SMILES string of the molecule is O=[N+]([O-])c1cc(S(=O)(=O)N2CCCCC2)ccc1NCC(O)C1CCCC1. The highest BCUT2D eigenvalue weighted by molar-refractivity contribution is 7.89. The van der Waals surface area contributed by atoms with E-state index in [-0.39, 0.29) is 28.7 Å². The summed E-state index contributed by atoms with van der Waals surface area (Å²) in [7, 11) is -3.73. The molecule has 0 radical (unpaired) electrons. The van der Waals surface area contributed by atoms with Crippen LogP contribution in [0.2, 0.25) is 0 Å². The topological polar surface area (TPSA) is 113 Å². The minimum absolute atomic E-state index is 0.0574. The average Bonchev–Trinajstić information content (AvgIpc) is 3.21. The molecule has 1 aliphatic carbocycles. The minimum atomic E-state index is -3.73. The van der Waals surface area contributed by atoms with E-state index >= 15 is 0 Å². The van der Waals surface area contributed by atoms with Crippen molar-refractivity contribution in [2.45, 2.75) is 55.9 Å². The van der Waals surface area contributed by atoms with E-state index in [1.54, 1.807) is 0 Å². The summed E-state index contributed by atoms with van der Waals surface area (Å²) in [6.07, 6.45) is 6.19. The van der Waals surface area contributed by atoms with Crippen LogP contribution in [-0.2, 0) is 10.0 Å². The number of anilines is 1. The fraction of sp³-hybridized carbons (Fsp3) is 0.667. The average molecular weight is 397 g/mol. The standard InChI is InChI=1S/C18H27N3O5S/c22-18(14-6-2-3-7-14)13-19-16-9-8-15(12-17(16)21(23)24)27(25,26)20-10-4-1-5-11-20/h8-9,12,14,18-19,22H,1-7,10-11,13H2. The number of nitro groups is 1. The molecule has 2 aliphatic rings. The third-order valence-corrected chi connectivity index (χ3v) is 7.46. The van der Waals surface area contributed by atoms with Gasteiger partial charge in [-0.3, -0.25) is 10.1 Å². The van der Waals surface area contributed by atoms with Gasteiger partial charge in [-0.15, -0.1) is 0 Å². The van der Waals surface area contributed by atoms with Crippen LogP contribution >= 0.6 is 0 Å². The van der Waals surface area contributed by atoms with Gasteiger partial charge in [0.05, 0.1) is 15.9 Å². The van der Waals surface area contributed by atoms with Gasteiger partial charge in [0, 0.05) is 25.7 Å². The molecule has 9 heteroatoms. The normalized spacial score (nSPS) is 20.5. The zero-order valence-corrected chi connectivity index (χ0v) is 16.2. The van der Waals surface area contributed by atoms with Gasteiger partial charge in [-0.1, -0.05) is 19.3 Å². The Balaban J connectivity index is 1.77. The summed E-state index contributed by atoms with van der Waals surface area (Å²) in [6.45, 7) is 1.11. The molecule has 150 valence electrons. The lowest BCUT2D eigenvalue weighted by Gasteiger charge is -2.26. The molecule has 0 aromatic heterocycles. The Bertz CT molecular complexity index is 771. The molecule has 1 aliphatic heterocycles. The first-order valence-electron chi connectivity index (χ1n) is 9.60. The van der Waals surface area contributed by atoms with Crippen LogP contribution in [0.4, 0.5) is 11.4 Å². The van der Waals surface area contributed by atoms with Crippen molar-refractivity contribution < 1.29 is 18.4 Å². The Morgan fingerprint density at radius 2 is 1.85 bits per heavy atom. The molecule has 0 spiro atoms. The van der Waals surface area contributed by atoms with Crippen molar-refractivity contribution in [3.05, 3.63) is 28.3 Å². The number of piperidine rings is 1. The first kappa shape index (κ1) is 20.0. The van der Waals surface area contributed by atoms with Crippen molar-refractivity contribution in [2.24, 2.45) is 5.92 Å². The highest BCUT2D eigenvalue weighted by atomic mass is 32.2. The number of aliphatic hydroxyl groups is 1. The predicted octanol–water partition coefficient (Wildman–Crippen LogP) is 2.73. The van der Waals surface area contributed by atoms with Crippen molar-refractivity contribution in [1.82, 2.24) is 4.31 Å². The summed E-state index contributed by atoms with van der Waals surface area (Å²) in [4.78, 5) is 10.8. The molecule has 1 aromatic carbocycles. The largest absolute Gasteiger partial charge is 0.391 e. The van der Waals surface area contributed by atoms with Crippen LogP contribution in [0.3, 0.4) is 0 Å². The van der Waals surface area contributed by atoms with Gasteiger partial charge in [-0.25, -0.2) is 8.42 Å². The predicted molar refractivity (Wildman–Crippen MR) is 102 cm³/mol. The number of nitrogens with zero attached hydrogens (tertiary/aromatic N) is 2. The van der Waals surface area contributed by atoms with E-state index in [4.69, 9.17) is 0 Å². The van der Waals surface area contributed by atoms with Crippen LogP contribution in [-0.4, -0.2) is 48.5 Å². The van der Waals surface area contributed by atoms with Crippen LogP contribution in [0.15, 0.2) is 23.1 Å². The molecule has 1 saturated heterocycles. The summed E-state index contributed by atoms with van der Waals surface area (Å²) < 4.78 is 26.9. The number of hydrogen-bond donors (Lipinski definition) is 2. The fourth-order valence-corrected chi connectivity index (χ4v) is 5.49. The maximum Gasteiger partial charge on any atom is 0.293 e. The number of sulfonamides is 1. The van der Waals surface area contributed by atoms with E-state index in [0.717, 1.165) is 51.0 Å². The molecular weight excluding hydrogens is 370 g/mol. The van der Waals surface area contributed by atoms with Gasteiger partial charge < -0.3 is 10.4 Å². The van der Waals surface area contributed by atoms with E-state index in [0.29, 0.717) is 13.1 Å². The van der Waals surface area contributed by atoms with Crippen molar-refractivity contribution in [2.75, 3.05) is 25.0 Å². The summed E-state index contributed by atoms with van der Waals surface area (Å²) in [6, 6.07) is 3.95. The lowest BCUT2D eigenvalue weighted by molar-refractivity contribution is -0.384. The van der Waals surface area contributed by atoms with Gasteiger partial charge in [-0.2, -0.15) is 4.31 Å². The van der Waals surface area contributed by atoms with Gasteiger partial charge in [-0.05, 0) is 43.7 Å². The Morgan fingerprint density at radius 3 is 2.48 bits per heavy atom. The lowest BCUT2D eigenvalue weighted by atomic mass is 10.0. The van der Waals surface area contributed by atoms with Crippen molar-refractivity contribution in [3.63, 3.8) is 0 Å². The van der Waals surface area contributed by atoms with Crippen molar-refractivity contribution in [1.29, 1.82) is 0 Å². The van der Waals surface area contributed by atoms with Crippen molar-refractivity contribution in [3.8, 4) is 0 Å². The number of rotatable bonds is 7. The molecule has 1 saturated carbocycles. The molecule has 1 heterocycles. The summed E-state index contributed by atoms with van der Waals surface area (Å²) in [5, 5.41) is 24.7. The van der Waals surface area contributed by atoms with Crippen LogP contribution in [0.25, 0.3) is 0 Å². The molecule has 2 fully saturated rings. The van der Waals surface area contributed by atoms with Gasteiger partial charge in [0.15, 0.2) is 0 Å². The second kappa shape index (κ2) is 8.53. The molecule has 8 nitrogen and oxygen atoms in total. The number of nitrogens with one attached hydrogen (secondary N) is 1. The van der Waals surface area contributed by atoms with Crippen LogP contribution in [0, 0.1) is 16.0 Å². The fourth-order valence-electron chi connectivity index (χ4n) is 3.95. The molecule has 3 rings (SSSR count). The Hall–Kier alpha value is -1.71. The Labute approximate surface area is 159 Å². The minimum Gasteiger partial charge on any atom is -0.391 e. The molecule has 0 bridgehead atoms. The van der Waals surface area contributed by atoms with Crippen LogP contribution < -0.4 is 5.32 Å². The van der Waals surface area contributed by atoms with E-state index in [1.807, 2.05) is 0 Å². The molecule has 0 amide bonds. The second-order valence-corrected chi connectivity index (χ2v) is 9.33. The molecular formula is C18H27N3O5S. The van der Waals surface area contributed by atoms with Crippen LogP contribution in [0.5, 0.6) is 0 Å². The molecule has 1 unspecified atom stereocenters. The van der Waals surface area contributed by atoms with E-state index < -0.39 is 21.1 Å². The molecule has 2 N–H and O–H groups in total. The summed E-state index contributed by atoms with van der Waals surface area (Å²) in [5.41, 5.74) is -0.0543. The quantitative estimate of drug-likeness (QED) is 0.540. The van der Waals surface area contributed by atoms with E-state index in [2.05, 4.69) is 5.32 Å². The number of aliphatic hydroxyl groups excluding tert-OH is 1. The van der Waals surface area contributed by atoms with E-state index in [9.17, 15) is 23.6 Å². The first-order chi connectivity index (χ1) is 12.9. The Morgan fingerprint density at radius 1 is 1.19 bits per heavy atom. The van der Waals surface area contributed by atoms with Gasteiger partial charge in [0.25, 0.3) is 5.69 Å². The van der Waals surface area contributed by atoms with Gasteiger partial charge >= 0.3 is 0 Å². The maximum atomic E-state index is 12.8. The highest BCUT2D eigenvalue weighted by Gasteiger charge is 2.29. The zero-order chi connectivity index (χ0) is 19.4. The molecule has 1 atom stereocenters. The van der Waals surface area contributed by atoms with E-state index in [1.165, 1.54) is 16.4 Å². The van der Waals surface area contributed by atoms with Crippen LogP contribution in [0.1, 0.15) is 44.9 Å². The van der Waals surface area contributed by atoms with Crippen molar-refractivity contribution >= 4 is 21.4 Å². The molecule has 27 heavy (non-hydrogen) atoms. The first-order valence-corrected chi connectivity index (χ1v) is 11.0. The van der Waals surface area contributed by atoms with Gasteiger partial charge in [0.2, 0.25) is 10.0 Å². The zero-order valence-electron chi connectivity index (χ0n) is 15.3. The third-order valence-electron chi connectivity index (χ3n) is 5.56. The number of hydrogen-bond acceptors (Lipinski definition) is 6. The third kappa shape index (κ3) is 4.59. The number of benzene rings is 1.